The first kappa shape index (κ1) is 10.2. The molecule has 0 unspecified atom stereocenters. The lowest BCUT2D eigenvalue weighted by Gasteiger charge is -2.05. The third-order valence-electron chi connectivity index (χ3n) is 2.36. The summed E-state index contributed by atoms with van der Waals surface area (Å²) >= 11 is 0. The van der Waals surface area contributed by atoms with Crippen molar-refractivity contribution in [2.45, 2.75) is 0 Å². The Balaban J connectivity index is 2.42. The van der Waals surface area contributed by atoms with Gasteiger partial charge in [0.15, 0.2) is 5.78 Å². The number of nitrogen functional groups attached to an aromatic ring is 2. The summed E-state index contributed by atoms with van der Waals surface area (Å²) in [7, 11) is 0. The minimum atomic E-state index is -0.0851. The van der Waals surface area contributed by atoms with Crippen molar-refractivity contribution in [1.82, 2.24) is 0 Å². The highest BCUT2D eigenvalue weighted by Crippen LogP contribution is 2.19. The maximum absolute atomic E-state index is 12.1. The Hall–Kier alpha value is -2.29. The van der Waals surface area contributed by atoms with Gasteiger partial charge in [0.1, 0.15) is 0 Å². The summed E-state index contributed by atoms with van der Waals surface area (Å²) in [6, 6.07) is 13.9. The number of carbonyl (C=O) groups is 1. The van der Waals surface area contributed by atoms with Gasteiger partial charge in [0.05, 0.1) is 0 Å². The van der Waals surface area contributed by atoms with E-state index in [1.807, 2.05) is 18.2 Å². The third kappa shape index (κ3) is 1.88. The standard InChI is InChI=1S/C13H12N2O/c14-10-6-7-11(12(15)8-10)13(16)9-4-2-1-3-5-9/h1-8H,14-15H2. The van der Waals surface area contributed by atoms with Crippen molar-refractivity contribution < 1.29 is 4.79 Å². The molecule has 0 aliphatic heterocycles. The van der Waals surface area contributed by atoms with Crippen molar-refractivity contribution in [3.8, 4) is 0 Å². The van der Waals surface area contributed by atoms with Gasteiger partial charge in [-0.25, -0.2) is 0 Å². The van der Waals surface area contributed by atoms with Gasteiger partial charge >= 0.3 is 0 Å². The summed E-state index contributed by atoms with van der Waals surface area (Å²) in [6.07, 6.45) is 0. The number of ketones is 1. The fraction of sp³-hybridized carbons (Fsp3) is 0. The van der Waals surface area contributed by atoms with Crippen LogP contribution in [-0.4, -0.2) is 5.78 Å². The smallest absolute Gasteiger partial charge is 0.195 e. The minimum absolute atomic E-state index is 0.0851. The monoisotopic (exact) mass is 212 g/mol. The molecule has 0 heterocycles. The zero-order valence-electron chi connectivity index (χ0n) is 8.68. The molecule has 3 heteroatoms. The topological polar surface area (TPSA) is 69.1 Å². The summed E-state index contributed by atoms with van der Waals surface area (Å²) in [5, 5.41) is 0. The lowest BCUT2D eigenvalue weighted by Crippen LogP contribution is -2.05. The van der Waals surface area contributed by atoms with Gasteiger partial charge in [0, 0.05) is 22.5 Å². The van der Waals surface area contributed by atoms with E-state index in [0.29, 0.717) is 22.5 Å². The van der Waals surface area contributed by atoms with Crippen molar-refractivity contribution in [2.24, 2.45) is 0 Å². The average Bonchev–Trinajstić information content (AvgIpc) is 2.29. The molecule has 0 aromatic heterocycles. The molecule has 0 atom stereocenters. The Morgan fingerprint density at radius 3 is 2.25 bits per heavy atom. The van der Waals surface area contributed by atoms with E-state index in [0.717, 1.165) is 0 Å². The Morgan fingerprint density at radius 2 is 1.62 bits per heavy atom. The zero-order valence-corrected chi connectivity index (χ0v) is 8.68. The van der Waals surface area contributed by atoms with Crippen molar-refractivity contribution >= 4 is 17.2 Å². The molecule has 4 N–H and O–H groups in total. The van der Waals surface area contributed by atoms with Crippen LogP contribution in [0.5, 0.6) is 0 Å². The summed E-state index contributed by atoms with van der Waals surface area (Å²) < 4.78 is 0. The van der Waals surface area contributed by atoms with E-state index >= 15 is 0 Å². The van der Waals surface area contributed by atoms with E-state index in [4.69, 9.17) is 11.5 Å². The molecular weight excluding hydrogens is 200 g/mol. The van der Waals surface area contributed by atoms with Crippen LogP contribution in [0.2, 0.25) is 0 Å². The summed E-state index contributed by atoms with van der Waals surface area (Å²) in [6.45, 7) is 0. The molecule has 80 valence electrons. The van der Waals surface area contributed by atoms with Crippen molar-refractivity contribution in [3.05, 3.63) is 59.7 Å². The number of rotatable bonds is 2. The highest BCUT2D eigenvalue weighted by molar-refractivity contribution is 6.12. The second kappa shape index (κ2) is 4.06. The Morgan fingerprint density at radius 1 is 0.938 bits per heavy atom. The molecule has 2 aromatic rings. The molecule has 0 saturated heterocycles. The van der Waals surface area contributed by atoms with Crippen LogP contribution in [0.4, 0.5) is 11.4 Å². The number of anilines is 2. The summed E-state index contributed by atoms with van der Waals surface area (Å²) in [5.74, 6) is -0.0851. The molecule has 0 aliphatic rings. The summed E-state index contributed by atoms with van der Waals surface area (Å²) in [4.78, 5) is 12.1. The van der Waals surface area contributed by atoms with Crippen LogP contribution < -0.4 is 11.5 Å². The van der Waals surface area contributed by atoms with Crippen LogP contribution in [0, 0.1) is 0 Å². The maximum atomic E-state index is 12.1. The van der Waals surface area contributed by atoms with Crippen LogP contribution in [0.1, 0.15) is 15.9 Å². The Bertz CT molecular complexity index is 521. The predicted molar refractivity (Wildman–Crippen MR) is 65.1 cm³/mol. The van der Waals surface area contributed by atoms with Crippen LogP contribution in [0.25, 0.3) is 0 Å². The van der Waals surface area contributed by atoms with E-state index in [-0.39, 0.29) is 5.78 Å². The lowest BCUT2D eigenvalue weighted by molar-refractivity contribution is 0.103. The second-order valence-electron chi connectivity index (χ2n) is 3.54. The van der Waals surface area contributed by atoms with Crippen LogP contribution in [-0.2, 0) is 0 Å². The third-order valence-corrected chi connectivity index (χ3v) is 2.36. The maximum Gasteiger partial charge on any atom is 0.195 e. The Kier molecular flexibility index (Phi) is 2.60. The van der Waals surface area contributed by atoms with E-state index in [1.54, 1.807) is 30.3 Å². The molecule has 0 aliphatic carbocycles. The van der Waals surface area contributed by atoms with Gasteiger partial charge in [-0.3, -0.25) is 4.79 Å². The van der Waals surface area contributed by atoms with Crippen LogP contribution in [0.3, 0.4) is 0 Å². The second-order valence-corrected chi connectivity index (χ2v) is 3.54. The number of carbonyl (C=O) groups excluding carboxylic acids is 1. The molecule has 0 bridgehead atoms. The normalized spacial score (nSPS) is 10.0. The van der Waals surface area contributed by atoms with E-state index < -0.39 is 0 Å². The average molecular weight is 212 g/mol. The van der Waals surface area contributed by atoms with Gasteiger partial charge in [0.25, 0.3) is 0 Å². The van der Waals surface area contributed by atoms with E-state index in [1.165, 1.54) is 0 Å². The van der Waals surface area contributed by atoms with Gasteiger partial charge < -0.3 is 11.5 Å². The number of nitrogens with two attached hydrogens (primary N) is 2. The quantitative estimate of drug-likeness (QED) is 0.591. The highest BCUT2D eigenvalue weighted by Gasteiger charge is 2.11. The molecular formula is C13H12N2O. The summed E-state index contributed by atoms with van der Waals surface area (Å²) in [5.41, 5.74) is 13.4. The number of hydrogen-bond donors (Lipinski definition) is 2. The van der Waals surface area contributed by atoms with Crippen LogP contribution >= 0.6 is 0 Å². The zero-order chi connectivity index (χ0) is 11.5. The fourth-order valence-corrected chi connectivity index (χ4v) is 1.53. The molecule has 2 rings (SSSR count). The molecule has 2 aromatic carbocycles. The van der Waals surface area contributed by atoms with Crippen molar-refractivity contribution in [3.63, 3.8) is 0 Å². The predicted octanol–water partition coefficient (Wildman–Crippen LogP) is 2.08. The van der Waals surface area contributed by atoms with Crippen LogP contribution in [0.15, 0.2) is 48.5 Å². The first-order valence-corrected chi connectivity index (χ1v) is 4.93. The molecule has 0 fully saturated rings. The van der Waals surface area contributed by atoms with E-state index in [2.05, 4.69) is 0 Å². The minimum Gasteiger partial charge on any atom is -0.399 e. The molecule has 0 radical (unpaired) electrons. The Labute approximate surface area is 93.7 Å². The van der Waals surface area contributed by atoms with Gasteiger partial charge in [0.2, 0.25) is 0 Å². The fourth-order valence-electron chi connectivity index (χ4n) is 1.53. The molecule has 0 saturated carbocycles. The molecule has 0 spiro atoms. The van der Waals surface area contributed by atoms with Gasteiger partial charge in [-0.2, -0.15) is 0 Å². The number of benzene rings is 2. The van der Waals surface area contributed by atoms with Crippen molar-refractivity contribution in [2.75, 3.05) is 11.5 Å². The van der Waals surface area contributed by atoms with Gasteiger partial charge in [-0.15, -0.1) is 0 Å². The van der Waals surface area contributed by atoms with Gasteiger partial charge in [-0.05, 0) is 18.2 Å². The van der Waals surface area contributed by atoms with Gasteiger partial charge in [-0.1, -0.05) is 30.3 Å². The largest absolute Gasteiger partial charge is 0.399 e. The van der Waals surface area contributed by atoms with Crippen molar-refractivity contribution in [1.29, 1.82) is 0 Å². The first-order valence-electron chi connectivity index (χ1n) is 4.93. The molecule has 16 heavy (non-hydrogen) atoms. The highest BCUT2D eigenvalue weighted by atomic mass is 16.1. The SMILES string of the molecule is Nc1ccc(C(=O)c2ccccc2)c(N)c1. The van der Waals surface area contributed by atoms with E-state index in [9.17, 15) is 4.79 Å². The number of hydrogen-bond acceptors (Lipinski definition) is 3. The molecule has 0 amide bonds. The first-order chi connectivity index (χ1) is 7.68. The molecule has 3 nitrogen and oxygen atoms in total. The lowest BCUT2D eigenvalue weighted by atomic mass is 10.0.